The lowest BCUT2D eigenvalue weighted by Crippen LogP contribution is -2.40. The second-order valence-corrected chi connectivity index (χ2v) is 7.95. The Kier molecular flexibility index (Phi) is 5.19. The second kappa shape index (κ2) is 7.26. The van der Waals surface area contributed by atoms with Crippen molar-refractivity contribution in [3.05, 3.63) is 45.0 Å². The van der Waals surface area contributed by atoms with E-state index in [9.17, 15) is 14.9 Å². The number of nitrogens with zero attached hydrogens (tertiary/aromatic N) is 4. The minimum Gasteiger partial charge on any atom is -0.375 e. The molecule has 3 rings (SSSR count). The highest BCUT2D eigenvalue weighted by Crippen LogP contribution is 2.30. The summed E-state index contributed by atoms with van der Waals surface area (Å²) >= 11 is 0. The smallest absolute Gasteiger partial charge is 0.281 e. The van der Waals surface area contributed by atoms with Crippen LogP contribution in [-0.2, 0) is 4.74 Å². The van der Waals surface area contributed by atoms with Crippen LogP contribution in [0.5, 0.6) is 0 Å². The Hall–Kier alpha value is -2.48. The number of hydrogen-bond acceptors (Lipinski definition) is 4. The van der Waals surface area contributed by atoms with Crippen molar-refractivity contribution in [3.63, 3.8) is 0 Å². The molecule has 2 aliphatic rings. The second-order valence-electron chi connectivity index (χ2n) is 7.95. The molecular weight excluding hydrogens is 348 g/mol. The molecule has 0 N–H and O–H groups in total. The number of carbonyl (C=O) groups is 1. The fourth-order valence-corrected chi connectivity index (χ4v) is 4.02. The van der Waals surface area contributed by atoms with E-state index in [4.69, 9.17) is 4.74 Å². The maximum Gasteiger partial charge on any atom is 0.281 e. The van der Waals surface area contributed by atoms with E-state index < -0.39 is 5.03 Å². The summed E-state index contributed by atoms with van der Waals surface area (Å²) in [7, 11) is 0. The van der Waals surface area contributed by atoms with Gasteiger partial charge in [-0.3, -0.25) is 9.69 Å². The largest absolute Gasteiger partial charge is 0.375 e. The molecule has 0 radical (unpaired) electrons. The van der Waals surface area contributed by atoms with Crippen molar-refractivity contribution in [1.29, 1.82) is 0 Å². The molecule has 2 heterocycles. The topological polar surface area (TPSA) is 88.3 Å². The van der Waals surface area contributed by atoms with Gasteiger partial charge in [-0.15, -0.1) is 0 Å². The lowest BCUT2D eigenvalue weighted by Gasteiger charge is -2.23. The van der Waals surface area contributed by atoms with Crippen molar-refractivity contribution in [2.45, 2.75) is 39.7 Å². The van der Waals surface area contributed by atoms with E-state index in [0.29, 0.717) is 31.8 Å². The van der Waals surface area contributed by atoms with Crippen LogP contribution < -0.4 is 0 Å². The minimum absolute atomic E-state index is 0.123. The zero-order chi connectivity index (χ0) is 19.8. The predicted molar refractivity (Wildman–Crippen MR) is 101 cm³/mol. The van der Waals surface area contributed by atoms with Crippen molar-refractivity contribution >= 4 is 11.9 Å². The Morgan fingerprint density at radius 1 is 1.33 bits per heavy atom. The fourth-order valence-electron chi connectivity index (χ4n) is 4.02. The number of rotatable bonds is 4. The summed E-state index contributed by atoms with van der Waals surface area (Å²) in [5.41, 5.74) is 2.11. The van der Waals surface area contributed by atoms with Crippen LogP contribution in [0, 0.1) is 29.9 Å². The summed E-state index contributed by atoms with van der Waals surface area (Å²) in [5.74, 6) is 0.140. The molecule has 1 aromatic carbocycles. The first-order valence-corrected chi connectivity index (χ1v) is 9.18. The molecule has 1 aromatic rings. The summed E-state index contributed by atoms with van der Waals surface area (Å²) in [6.07, 6.45) is 0.875. The third-order valence-corrected chi connectivity index (χ3v) is 5.20. The number of guanidine groups is 1. The van der Waals surface area contributed by atoms with E-state index in [1.54, 1.807) is 0 Å². The van der Waals surface area contributed by atoms with E-state index in [-0.39, 0.29) is 23.4 Å². The van der Waals surface area contributed by atoms with Crippen LogP contribution >= 0.6 is 0 Å². The first-order chi connectivity index (χ1) is 12.7. The van der Waals surface area contributed by atoms with Crippen LogP contribution in [0.4, 0.5) is 0 Å². The molecule has 1 amide bonds. The van der Waals surface area contributed by atoms with E-state index in [1.165, 1.54) is 4.90 Å². The Labute approximate surface area is 158 Å². The number of carbonyl (C=O) groups excluding carboxylic acids is 1. The molecule has 8 heteroatoms. The Morgan fingerprint density at radius 2 is 2.00 bits per heavy atom. The van der Waals surface area contributed by atoms with Gasteiger partial charge in [0.1, 0.15) is 5.10 Å². The highest BCUT2D eigenvalue weighted by molar-refractivity contribution is 6.08. The quantitative estimate of drug-likeness (QED) is 0.596. The van der Waals surface area contributed by atoms with Gasteiger partial charge in [-0.1, -0.05) is 18.2 Å². The Morgan fingerprint density at radius 3 is 2.56 bits per heavy atom. The molecule has 0 aliphatic carbocycles. The maximum absolute atomic E-state index is 13.1. The molecule has 8 nitrogen and oxygen atoms in total. The fraction of sp³-hybridized carbons (Fsp3) is 0.579. The number of aryl methyl sites for hydroxylation is 2. The summed E-state index contributed by atoms with van der Waals surface area (Å²) < 4.78 is 5.77. The molecule has 0 bridgehead atoms. The molecule has 0 saturated carbocycles. The van der Waals surface area contributed by atoms with Crippen LogP contribution in [0.1, 0.15) is 41.8 Å². The number of hydrazone groups is 1. The molecule has 0 aromatic heterocycles. The maximum atomic E-state index is 13.1. The van der Waals surface area contributed by atoms with E-state index >= 15 is 0 Å². The summed E-state index contributed by atoms with van der Waals surface area (Å²) in [6.45, 7) is 9.94. The molecule has 1 unspecified atom stereocenters. The monoisotopic (exact) mass is 374 g/mol. The van der Waals surface area contributed by atoms with Gasteiger partial charge in [0.15, 0.2) is 5.03 Å². The van der Waals surface area contributed by atoms with E-state index in [0.717, 1.165) is 17.5 Å². The molecular formula is C19H26N4O4. The molecule has 2 saturated heterocycles. The highest BCUT2D eigenvalue weighted by atomic mass is 16.7. The minimum atomic E-state index is -0.728. The van der Waals surface area contributed by atoms with Crippen molar-refractivity contribution in [2.75, 3.05) is 26.2 Å². The number of hydrogen-bond donors (Lipinski definition) is 0. The van der Waals surface area contributed by atoms with Gasteiger partial charge in [-0.2, -0.15) is 0 Å². The van der Waals surface area contributed by atoms with Crippen molar-refractivity contribution in [2.24, 2.45) is 11.0 Å². The van der Waals surface area contributed by atoms with Crippen molar-refractivity contribution < 1.29 is 14.6 Å². The molecule has 146 valence electrons. The predicted octanol–water partition coefficient (Wildman–Crippen LogP) is 2.42. The zero-order valence-corrected chi connectivity index (χ0v) is 16.3. The zero-order valence-electron chi connectivity index (χ0n) is 16.3. The van der Waals surface area contributed by atoms with Gasteiger partial charge >= 0.3 is 0 Å². The van der Waals surface area contributed by atoms with E-state index in [1.807, 2.05) is 50.8 Å². The van der Waals surface area contributed by atoms with Crippen LogP contribution in [0.3, 0.4) is 0 Å². The van der Waals surface area contributed by atoms with Crippen molar-refractivity contribution in [3.8, 4) is 0 Å². The molecule has 2 fully saturated rings. The summed E-state index contributed by atoms with van der Waals surface area (Å²) in [5, 5.41) is 13.9. The first-order valence-electron chi connectivity index (χ1n) is 9.18. The third-order valence-electron chi connectivity index (χ3n) is 5.20. The number of ether oxygens (including phenoxy) is 1. The van der Waals surface area contributed by atoms with Crippen LogP contribution in [0.15, 0.2) is 23.3 Å². The number of nitro groups is 1. The van der Waals surface area contributed by atoms with Gasteiger partial charge in [0.05, 0.1) is 12.2 Å². The first kappa shape index (κ1) is 19.3. The lowest BCUT2D eigenvalue weighted by molar-refractivity contribution is -0.486. The average Bonchev–Trinajstić information content (AvgIpc) is 3.10. The number of benzene rings is 1. The Bertz CT molecular complexity index is 770. The van der Waals surface area contributed by atoms with Crippen LogP contribution in [0.2, 0.25) is 0 Å². The SMILES string of the molecule is Cc1cccc(C)c1C(=O)N1CCN(CC2COC(C)(C)C2)C1=N[N+](=O)[O-]. The van der Waals surface area contributed by atoms with E-state index in [2.05, 4.69) is 5.10 Å². The average molecular weight is 374 g/mol. The molecule has 1 atom stereocenters. The molecule has 2 aliphatic heterocycles. The van der Waals surface area contributed by atoms with Gasteiger partial charge < -0.3 is 9.64 Å². The number of amides is 1. The lowest BCUT2D eigenvalue weighted by atomic mass is 9.97. The van der Waals surface area contributed by atoms with Gasteiger partial charge in [0.25, 0.3) is 11.9 Å². The van der Waals surface area contributed by atoms with Crippen molar-refractivity contribution in [1.82, 2.24) is 9.80 Å². The Balaban J connectivity index is 1.84. The highest BCUT2D eigenvalue weighted by Gasteiger charge is 2.39. The van der Waals surface area contributed by atoms with Gasteiger partial charge in [-0.25, -0.2) is 10.1 Å². The van der Waals surface area contributed by atoms with Gasteiger partial charge in [-0.05, 0) is 45.2 Å². The van der Waals surface area contributed by atoms with Crippen LogP contribution in [-0.4, -0.2) is 58.5 Å². The summed E-state index contributed by atoms with van der Waals surface area (Å²) in [6, 6.07) is 5.64. The van der Waals surface area contributed by atoms with Crippen LogP contribution in [0.25, 0.3) is 0 Å². The normalized spacial score (nSPS) is 23.3. The molecule has 0 spiro atoms. The van der Waals surface area contributed by atoms with Gasteiger partial charge in [0.2, 0.25) is 0 Å². The third kappa shape index (κ3) is 4.10. The molecule has 27 heavy (non-hydrogen) atoms. The van der Waals surface area contributed by atoms with Gasteiger partial charge in [0, 0.05) is 31.1 Å². The summed E-state index contributed by atoms with van der Waals surface area (Å²) in [4.78, 5) is 27.5. The standard InChI is InChI=1S/C19H26N4O4/c1-13-6-5-7-14(2)16(13)17(24)22-9-8-21(18(22)20-23(25)26)11-15-10-19(3,4)27-12-15/h5-7,15H,8-12H2,1-4H3.